The van der Waals surface area contributed by atoms with Crippen LogP contribution in [0.4, 0.5) is 0 Å². The molecule has 0 N–H and O–H groups in total. The molecule has 2 heterocycles. The third kappa shape index (κ3) is 4.90. The number of halogens is 1. The molecule has 2 aromatic rings. The first-order valence-corrected chi connectivity index (χ1v) is 12.2. The van der Waals surface area contributed by atoms with Gasteiger partial charge in [0.25, 0.3) is 0 Å². The van der Waals surface area contributed by atoms with E-state index in [0.29, 0.717) is 48.3 Å². The van der Waals surface area contributed by atoms with Crippen LogP contribution in [-0.4, -0.2) is 50.0 Å². The second-order valence-electron chi connectivity index (χ2n) is 7.70. The molecule has 160 valence electrons. The molecule has 8 heteroatoms. The van der Waals surface area contributed by atoms with Gasteiger partial charge in [-0.25, -0.2) is 8.42 Å². The molecule has 2 aliphatic heterocycles. The zero-order chi connectivity index (χ0) is 21.1. The molecule has 1 amide bonds. The minimum Gasteiger partial charge on any atom is -0.489 e. The summed E-state index contributed by atoms with van der Waals surface area (Å²) in [4.78, 5) is 15.0. The number of sulfone groups is 1. The highest BCUT2D eigenvalue weighted by Gasteiger charge is 2.34. The maximum absolute atomic E-state index is 13.3. The minimum atomic E-state index is -3.11. The van der Waals surface area contributed by atoms with Crippen LogP contribution in [0.2, 0.25) is 5.02 Å². The SMILES string of the molecule is O=C(Cc1cc(Cl)c2c(c1)OCCCO2)N(Cc1ccccc1)[C@@H]1CCS(=O)(=O)C1. The number of hydrogen-bond donors (Lipinski definition) is 0. The van der Waals surface area contributed by atoms with E-state index in [1.165, 1.54) is 0 Å². The van der Waals surface area contributed by atoms with E-state index >= 15 is 0 Å². The predicted octanol–water partition coefficient (Wildman–Crippen LogP) is 3.26. The van der Waals surface area contributed by atoms with Crippen LogP contribution >= 0.6 is 11.6 Å². The Balaban J connectivity index is 1.57. The number of hydrogen-bond acceptors (Lipinski definition) is 5. The summed E-state index contributed by atoms with van der Waals surface area (Å²) < 4.78 is 35.4. The first-order valence-electron chi connectivity index (χ1n) is 10.0. The Bertz CT molecular complexity index is 1030. The zero-order valence-corrected chi connectivity index (χ0v) is 18.1. The lowest BCUT2D eigenvalue weighted by atomic mass is 10.1. The van der Waals surface area contributed by atoms with Crippen molar-refractivity contribution < 1.29 is 22.7 Å². The molecule has 0 spiro atoms. The van der Waals surface area contributed by atoms with Crippen LogP contribution in [0.5, 0.6) is 11.5 Å². The van der Waals surface area contributed by atoms with E-state index in [2.05, 4.69) is 0 Å². The van der Waals surface area contributed by atoms with Crippen molar-refractivity contribution in [1.82, 2.24) is 4.90 Å². The van der Waals surface area contributed by atoms with E-state index in [9.17, 15) is 13.2 Å². The fourth-order valence-corrected chi connectivity index (χ4v) is 5.90. The molecule has 6 nitrogen and oxygen atoms in total. The first kappa shape index (κ1) is 21.0. The van der Waals surface area contributed by atoms with Crippen LogP contribution in [0.25, 0.3) is 0 Å². The molecule has 0 saturated carbocycles. The van der Waals surface area contributed by atoms with Crippen LogP contribution in [0.15, 0.2) is 42.5 Å². The summed E-state index contributed by atoms with van der Waals surface area (Å²) in [5, 5.41) is 0.412. The third-order valence-corrected chi connectivity index (χ3v) is 7.41. The van der Waals surface area contributed by atoms with Crippen molar-refractivity contribution in [3.63, 3.8) is 0 Å². The van der Waals surface area contributed by atoms with E-state index in [4.69, 9.17) is 21.1 Å². The summed E-state index contributed by atoms with van der Waals surface area (Å²) >= 11 is 6.37. The lowest BCUT2D eigenvalue weighted by Crippen LogP contribution is -2.41. The van der Waals surface area contributed by atoms with E-state index in [0.717, 1.165) is 12.0 Å². The highest BCUT2D eigenvalue weighted by molar-refractivity contribution is 7.91. The summed E-state index contributed by atoms with van der Waals surface area (Å²) in [5.74, 6) is 1.04. The standard InChI is InChI=1S/C22H24ClNO5S/c23-19-11-17(12-20-22(19)29-9-4-8-28-20)13-21(25)24(14-16-5-2-1-3-6-16)18-7-10-30(26,27)15-18/h1-3,5-6,11-12,18H,4,7-10,13-15H2/t18-/m1/s1. The Labute approximate surface area is 181 Å². The lowest BCUT2D eigenvalue weighted by molar-refractivity contribution is -0.133. The Morgan fingerprint density at radius 3 is 2.60 bits per heavy atom. The van der Waals surface area contributed by atoms with Crippen molar-refractivity contribution in [2.75, 3.05) is 24.7 Å². The van der Waals surface area contributed by atoms with Gasteiger partial charge in [-0.2, -0.15) is 0 Å². The van der Waals surface area contributed by atoms with Crippen molar-refractivity contribution in [2.24, 2.45) is 0 Å². The number of ether oxygens (including phenoxy) is 2. The molecule has 2 aromatic carbocycles. The van der Waals surface area contributed by atoms with Gasteiger partial charge >= 0.3 is 0 Å². The number of amides is 1. The quantitative estimate of drug-likeness (QED) is 0.700. The number of carbonyl (C=O) groups excluding carboxylic acids is 1. The summed E-state index contributed by atoms with van der Waals surface area (Å²) in [6.07, 6.45) is 1.34. The van der Waals surface area contributed by atoms with Gasteiger partial charge in [0.15, 0.2) is 21.3 Å². The van der Waals surface area contributed by atoms with Gasteiger partial charge < -0.3 is 14.4 Å². The van der Waals surface area contributed by atoms with Gasteiger partial charge in [-0.1, -0.05) is 41.9 Å². The second-order valence-corrected chi connectivity index (χ2v) is 10.3. The van der Waals surface area contributed by atoms with Crippen molar-refractivity contribution >= 4 is 27.3 Å². The fraction of sp³-hybridized carbons (Fsp3) is 0.409. The van der Waals surface area contributed by atoms with Crippen LogP contribution in [0.1, 0.15) is 24.0 Å². The largest absolute Gasteiger partial charge is 0.489 e. The average Bonchev–Trinajstić information content (AvgIpc) is 2.91. The van der Waals surface area contributed by atoms with Crippen molar-refractivity contribution in [3.05, 3.63) is 58.6 Å². The topological polar surface area (TPSA) is 72.9 Å². The number of fused-ring (bicyclic) bond motifs is 1. The van der Waals surface area contributed by atoms with Crippen molar-refractivity contribution in [1.29, 1.82) is 0 Å². The van der Waals surface area contributed by atoms with Crippen LogP contribution in [-0.2, 0) is 27.6 Å². The Hall–Kier alpha value is -2.25. The molecule has 0 aliphatic carbocycles. The van der Waals surface area contributed by atoms with E-state index in [1.54, 1.807) is 17.0 Å². The Morgan fingerprint density at radius 2 is 1.87 bits per heavy atom. The van der Waals surface area contributed by atoms with Gasteiger partial charge in [-0.3, -0.25) is 4.79 Å². The third-order valence-electron chi connectivity index (χ3n) is 5.38. The highest BCUT2D eigenvalue weighted by Crippen LogP contribution is 2.38. The average molecular weight is 450 g/mol. The molecule has 1 saturated heterocycles. The van der Waals surface area contributed by atoms with Crippen molar-refractivity contribution in [2.45, 2.75) is 31.8 Å². The molecular weight excluding hydrogens is 426 g/mol. The maximum atomic E-state index is 13.3. The van der Waals surface area contributed by atoms with E-state index < -0.39 is 9.84 Å². The number of rotatable bonds is 5. The fourth-order valence-electron chi connectivity index (χ4n) is 3.88. The van der Waals surface area contributed by atoms with E-state index in [-0.39, 0.29) is 29.9 Å². The number of benzene rings is 2. The molecule has 0 radical (unpaired) electrons. The summed E-state index contributed by atoms with van der Waals surface area (Å²) in [6.45, 7) is 1.44. The normalized spacial score (nSPS) is 19.8. The molecule has 1 fully saturated rings. The maximum Gasteiger partial charge on any atom is 0.227 e. The Kier molecular flexibility index (Phi) is 6.20. The molecule has 1 atom stereocenters. The van der Waals surface area contributed by atoms with Crippen LogP contribution in [0.3, 0.4) is 0 Å². The van der Waals surface area contributed by atoms with Crippen LogP contribution in [0, 0.1) is 0 Å². The lowest BCUT2D eigenvalue weighted by Gasteiger charge is -2.29. The second kappa shape index (κ2) is 8.86. The molecular formula is C22H24ClNO5S. The van der Waals surface area contributed by atoms with Crippen molar-refractivity contribution in [3.8, 4) is 11.5 Å². The van der Waals surface area contributed by atoms with E-state index in [1.807, 2.05) is 30.3 Å². The van der Waals surface area contributed by atoms with Gasteiger partial charge in [0.05, 0.1) is 36.2 Å². The molecule has 2 aliphatic rings. The van der Waals surface area contributed by atoms with Gasteiger partial charge in [0.1, 0.15) is 0 Å². The monoisotopic (exact) mass is 449 g/mol. The first-order chi connectivity index (χ1) is 14.4. The highest BCUT2D eigenvalue weighted by atomic mass is 35.5. The number of nitrogens with zero attached hydrogens (tertiary/aromatic N) is 1. The molecule has 0 aromatic heterocycles. The number of carbonyl (C=O) groups is 1. The molecule has 4 rings (SSSR count). The predicted molar refractivity (Wildman–Crippen MR) is 115 cm³/mol. The summed E-state index contributed by atoms with van der Waals surface area (Å²) in [6, 6.07) is 12.8. The van der Waals surface area contributed by atoms with Crippen LogP contribution < -0.4 is 9.47 Å². The Morgan fingerprint density at radius 1 is 1.10 bits per heavy atom. The zero-order valence-electron chi connectivity index (χ0n) is 16.6. The van der Waals surface area contributed by atoms with Gasteiger partial charge in [0.2, 0.25) is 5.91 Å². The van der Waals surface area contributed by atoms with Gasteiger partial charge in [-0.15, -0.1) is 0 Å². The molecule has 0 unspecified atom stereocenters. The van der Waals surface area contributed by atoms with Gasteiger partial charge in [-0.05, 0) is 29.7 Å². The molecule has 30 heavy (non-hydrogen) atoms. The minimum absolute atomic E-state index is 0.00741. The summed E-state index contributed by atoms with van der Waals surface area (Å²) in [7, 11) is -3.11. The molecule has 0 bridgehead atoms. The van der Waals surface area contributed by atoms with Gasteiger partial charge in [0, 0.05) is 19.0 Å². The smallest absolute Gasteiger partial charge is 0.227 e. The summed E-state index contributed by atoms with van der Waals surface area (Å²) in [5.41, 5.74) is 1.68.